The second kappa shape index (κ2) is 7.97. The number of Topliss-reactive ketones (excluding diaryl/α,β-unsaturated/α-hetero) is 1. The SMILES string of the molecule is CCCc1cccc(C2(C(C)=O)CCN(Cc3ccccc3)CC2)c1. The number of carbonyl (C=O) groups is 1. The number of rotatable bonds is 6. The van der Waals surface area contributed by atoms with Gasteiger partial charge in [-0.2, -0.15) is 0 Å². The Morgan fingerprint density at radius 2 is 1.68 bits per heavy atom. The molecule has 3 rings (SSSR count). The van der Waals surface area contributed by atoms with Crippen LogP contribution >= 0.6 is 0 Å². The lowest BCUT2D eigenvalue weighted by atomic mass is 9.69. The Bertz CT molecular complexity index is 699. The maximum Gasteiger partial charge on any atom is 0.140 e. The molecule has 1 saturated heterocycles. The van der Waals surface area contributed by atoms with Gasteiger partial charge in [0.1, 0.15) is 5.78 Å². The van der Waals surface area contributed by atoms with Gasteiger partial charge in [0, 0.05) is 6.54 Å². The lowest BCUT2D eigenvalue weighted by molar-refractivity contribution is -0.124. The predicted molar refractivity (Wildman–Crippen MR) is 104 cm³/mol. The smallest absolute Gasteiger partial charge is 0.140 e. The van der Waals surface area contributed by atoms with E-state index >= 15 is 0 Å². The molecule has 2 heteroatoms. The molecule has 132 valence electrons. The van der Waals surface area contributed by atoms with Gasteiger partial charge in [-0.25, -0.2) is 0 Å². The Hall–Kier alpha value is -1.93. The van der Waals surface area contributed by atoms with Crippen LogP contribution in [-0.4, -0.2) is 23.8 Å². The zero-order chi connectivity index (χ0) is 17.7. The molecule has 2 aromatic carbocycles. The summed E-state index contributed by atoms with van der Waals surface area (Å²) in [4.78, 5) is 15.1. The third-order valence-electron chi connectivity index (χ3n) is 5.65. The van der Waals surface area contributed by atoms with E-state index in [0.717, 1.165) is 45.3 Å². The normalized spacial score (nSPS) is 17.4. The maximum absolute atomic E-state index is 12.6. The summed E-state index contributed by atoms with van der Waals surface area (Å²) in [7, 11) is 0. The molecular formula is C23H29NO. The zero-order valence-electron chi connectivity index (χ0n) is 15.5. The van der Waals surface area contributed by atoms with Crippen molar-refractivity contribution >= 4 is 5.78 Å². The minimum atomic E-state index is -0.295. The van der Waals surface area contributed by atoms with Crippen molar-refractivity contribution in [2.45, 2.75) is 51.5 Å². The summed E-state index contributed by atoms with van der Waals surface area (Å²) in [5.74, 6) is 0.320. The molecule has 1 heterocycles. The van der Waals surface area contributed by atoms with Gasteiger partial charge >= 0.3 is 0 Å². The van der Waals surface area contributed by atoms with Crippen molar-refractivity contribution in [3.8, 4) is 0 Å². The lowest BCUT2D eigenvalue weighted by Crippen LogP contribution is -2.46. The number of ketones is 1. The minimum Gasteiger partial charge on any atom is -0.299 e. The standard InChI is InChI=1S/C23H29NO/c1-3-8-20-11-7-12-22(17-20)23(19(2)25)13-15-24(16-14-23)18-21-9-5-4-6-10-21/h4-7,9-12,17H,3,8,13-16,18H2,1-2H3. The molecule has 2 aromatic rings. The van der Waals surface area contributed by atoms with Crippen molar-refractivity contribution in [3.63, 3.8) is 0 Å². The van der Waals surface area contributed by atoms with Crippen LogP contribution < -0.4 is 0 Å². The third-order valence-corrected chi connectivity index (χ3v) is 5.65. The Kier molecular flexibility index (Phi) is 5.70. The Labute approximate surface area is 151 Å². The van der Waals surface area contributed by atoms with E-state index < -0.39 is 0 Å². The molecular weight excluding hydrogens is 306 g/mol. The van der Waals surface area contributed by atoms with Gasteiger partial charge in [0.05, 0.1) is 5.41 Å². The largest absolute Gasteiger partial charge is 0.299 e. The molecule has 1 aliphatic heterocycles. The van der Waals surface area contributed by atoms with E-state index in [9.17, 15) is 4.79 Å². The summed E-state index contributed by atoms with van der Waals surface area (Å²) >= 11 is 0. The van der Waals surface area contributed by atoms with E-state index in [1.54, 1.807) is 6.92 Å². The van der Waals surface area contributed by atoms with Crippen molar-refractivity contribution in [2.24, 2.45) is 0 Å². The number of piperidine rings is 1. The van der Waals surface area contributed by atoms with Gasteiger partial charge in [0.25, 0.3) is 0 Å². The number of benzene rings is 2. The van der Waals surface area contributed by atoms with Crippen molar-refractivity contribution < 1.29 is 4.79 Å². The second-order valence-corrected chi connectivity index (χ2v) is 7.35. The van der Waals surface area contributed by atoms with Crippen molar-refractivity contribution in [1.29, 1.82) is 0 Å². The maximum atomic E-state index is 12.6. The molecule has 25 heavy (non-hydrogen) atoms. The first kappa shape index (κ1) is 17.9. The fourth-order valence-electron chi connectivity index (χ4n) is 4.09. The number of hydrogen-bond donors (Lipinski definition) is 0. The highest BCUT2D eigenvalue weighted by Gasteiger charge is 2.40. The van der Waals surface area contributed by atoms with E-state index in [0.29, 0.717) is 5.78 Å². The molecule has 2 nitrogen and oxygen atoms in total. The van der Waals surface area contributed by atoms with Crippen molar-refractivity contribution in [2.75, 3.05) is 13.1 Å². The van der Waals surface area contributed by atoms with E-state index in [-0.39, 0.29) is 5.41 Å². The zero-order valence-corrected chi connectivity index (χ0v) is 15.5. The molecule has 0 amide bonds. The first-order valence-electron chi connectivity index (χ1n) is 9.51. The number of likely N-dealkylation sites (tertiary alicyclic amines) is 1. The molecule has 0 N–H and O–H groups in total. The van der Waals surface area contributed by atoms with Crippen molar-refractivity contribution in [1.82, 2.24) is 4.90 Å². The Balaban J connectivity index is 1.75. The Morgan fingerprint density at radius 1 is 1.00 bits per heavy atom. The van der Waals surface area contributed by atoms with Gasteiger partial charge in [-0.15, -0.1) is 0 Å². The monoisotopic (exact) mass is 335 g/mol. The van der Waals surface area contributed by atoms with Crippen LogP contribution in [0.25, 0.3) is 0 Å². The van der Waals surface area contributed by atoms with Gasteiger partial charge in [0.2, 0.25) is 0 Å². The second-order valence-electron chi connectivity index (χ2n) is 7.35. The number of hydrogen-bond acceptors (Lipinski definition) is 2. The van der Waals surface area contributed by atoms with Crippen LogP contribution in [0.4, 0.5) is 0 Å². The fourth-order valence-corrected chi connectivity index (χ4v) is 4.09. The van der Waals surface area contributed by atoms with Crippen LogP contribution in [0.2, 0.25) is 0 Å². The van der Waals surface area contributed by atoms with Crippen molar-refractivity contribution in [3.05, 3.63) is 71.3 Å². The number of aryl methyl sites for hydroxylation is 1. The van der Waals surface area contributed by atoms with Gasteiger partial charge in [-0.3, -0.25) is 9.69 Å². The van der Waals surface area contributed by atoms with E-state index in [4.69, 9.17) is 0 Å². The van der Waals surface area contributed by atoms with E-state index in [1.807, 2.05) is 0 Å². The quantitative estimate of drug-likeness (QED) is 0.758. The van der Waals surface area contributed by atoms with E-state index in [2.05, 4.69) is 66.4 Å². The summed E-state index contributed by atoms with van der Waals surface area (Å²) < 4.78 is 0. The molecule has 0 spiro atoms. The predicted octanol–water partition coefficient (Wildman–Crippen LogP) is 4.76. The average molecular weight is 335 g/mol. The molecule has 0 aliphatic carbocycles. The highest BCUT2D eigenvalue weighted by atomic mass is 16.1. The molecule has 0 aromatic heterocycles. The molecule has 0 atom stereocenters. The molecule has 0 unspecified atom stereocenters. The lowest BCUT2D eigenvalue weighted by Gasteiger charge is -2.41. The third kappa shape index (κ3) is 4.01. The summed E-state index contributed by atoms with van der Waals surface area (Å²) in [5, 5.41) is 0. The summed E-state index contributed by atoms with van der Waals surface area (Å²) in [6.45, 7) is 6.92. The van der Waals surface area contributed by atoms with Crippen LogP contribution in [0.5, 0.6) is 0 Å². The number of nitrogens with zero attached hydrogens (tertiary/aromatic N) is 1. The summed E-state index contributed by atoms with van der Waals surface area (Å²) in [6.07, 6.45) is 4.07. The van der Waals surface area contributed by atoms with Crippen LogP contribution in [0.3, 0.4) is 0 Å². The topological polar surface area (TPSA) is 20.3 Å². The average Bonchev–Trinajstić information content (AvgIpc) is 2.64. The molecule has 0 radical (unpaired) electrons. The molecule has 0 bridgehead atoms. The molecule has 1 fully saturated rings. The van der Waals surface area contributed by atoms with Crippen LogP contribution in [0, 0.1) is 0 Å². The highest BCUT2D eigenvalue weighted by Crippen LogP contribution is 2.37. The summed E-state index contributed by atoms with van der Waals surface area (Å²) in [6, 6.07) is 19.4. The van der Waals surface area contributed by atoms with E-state index in [1.165, 1.54) is 16.7 Å². The van der Waals surface area contributed by atoms with Gasteiger partial charge in [-0.1, -0.05) is 67.9 Å². The first-order chi connectivity index (χ1) is 12.1. The van der Waals surface area contributed by atoms with Gasteiger partial charge in [0.15, 0.2) is 0 Å². The number of carbonyl (C=O) groups excluding carboxylic acids is 1. The molecule has 1 aliphatic rings. The molecule has 0 saturated carbocycles. The summed E-state index contributed by atoms with van der Waals surface area (Å²) in [5.41, 5.74) is 3.64. The van der Waals surface area contributed by atoms with Crippen LogP contribution in [0.15, 0.2) is 54.6 Å². The highest BCUT2D eigenvalue weighted by molar-refractivity contribution is 5.88. The van der Waals surface area contributed by atoms with Gasteiger partial charge < -0.3 is 0 Å². The van der Waals surface area contributed by atoms with Crippen LogP contribution in [0.1, 0.15) is 49.8 Å². The van der Waals surface area contributed by atoms with Crippen LogP contribution in [-0.2, 0) is 23.2 Å². The fraction of sp³-hybridized carbons (Fsp3) is 0.435. The van der Waals surface area contributed by atoms with Gasteiger partial charge in [-0.05, 0) is 56.0 Å². The first-order valence-corrected chi connectivity index (χ1v) is 9.51. The minimum absolute atomic E-state index is 0.295. The Morgan fingerprint density at radius 3 is 2.32 bits per heavy atom.